The summed E-state index contributed by atoms with van der Waals surface area (Å²) in [5, 5.41) is 0. The Kier molecular flexibility index (Phi) is 2.85. The molecule has 0 N–H and O–H groups in total. The molecule has 0 bridgehead atoms. The number of hydrogen-bond donors (Lipinski definition) is 0. The highest BCUT2D eigenvalue weighted by Gasteiger charge is 2.34. The van der Waals surface area contributed by atoms with E-state index in [2.05, 4.69) is 6.07 Å². The van der Waals surface area contributed by atoms with Gasteiger partial charge in [0.25, 0.3) is 0 Å². The quantitative estimate of drug-likeness (QED) is 0.724. The van der Waals surface area contributed by atoms with Crippen LogP contribution in [-0.2, 0) is 16.0 Å². The first-order valence-corrected chi connectivity index (χ1v) is 5.74. The number of rotatable bonds is 1. The average molecular weight is 218 g/mol. The van der Waals surface area contributed by atoms with Gasteiger partial charge in [0.2, 0.25) is 0 Å². The summed E-state index contributed by atoms with van der Waals surface area (Å²) in [5.41, 5.74) is 1.94. The predicted octanol–water partition coefficient (Wildman–Crippen LogP) is 2.92. The summed E-state index contributed by atoms with van der Waals surface area (Å²) in [7, 11) is 0. The second kappa shape index (κ2) is 4.02. The number of carbonyl (C=O) groups is 1. The van der Waals surface area contributed by atoms with Crippen molar-refractivity contribution in [3.63, 3.8) is 0 Å². The largest absolute Gasteiger partial charge is 0.365 e. The van der Waals surface area contributed by atoms with Crippen LogP contribution in [0.5, 0.6) is 0 Å². The Bertz CT molecular complexity index is 401. The van der Waals surface area contributed by atoms with E-state index in [1.807, 2.05) is 39.0 Å². The number of fused-ring (bicyclic) bond motifs is 1. The van der Waals surface area contributed by atoms with E-state index >= 15 is 0 Å². The van der Waals surface area contributed by atoms with Gasteiger partial charge in [-0.3, -0.25) is 4.79 Å². The molecule has 1 aromatic carbocycles. The van der Waals surface area contributed by atoms with E-state index in [1.54, 1.807) is 0 Å². The Labute approximate surface area is 96.6 Å². The van der Waals surface area contributed by atoms with Crippen LogP contribution in [0.4, 0.5) is 0 Å². The lowest BCUT2D eigenvalue weighted by Crippen LogP contribution is -2.31. The molecule has 1 unspecified atom stereocenters. The monoisotopic (exact) mass is 218 g/mol. The van der Waals surface area contributed by atoms with Crippen LogP contribution in [0, 0.1) is 5.41 Å². The maximum Gasteiger partial charge on any atom is 0.171 e. The van der Waals surface area contributed by atoms with Crippen LogP contribution in [0.2, 0.25) is 0 Å². The summed E-state index contributed by atoms with van der Waals surface area (Å²) in [6.45, 7) is 6.46. The highest BCUT2D eigenvalue weighted by Crippen LogP contribution is 2.33. The molecule has 86 valence electrons. The minimum absolute atomic E-state index is 0.166. The van der Waals surface area contributed by atoms with Gasteiger partial charge in [0.05, 0.1) is 6.61 Å². The summed E-state index contributed by atoms with van der Waals surface area (Å²) in [6, 6.07) is 8.07. The van der Waals surface area contributed by atoms with Crippen LogP contribution in [0.15, 0.2) is 24.3 Å². The number of hydrogen-bond acceptors (Lipinski definition) is 2. The molecule has 0 saturated heterocycles. The molecule has 2 nitrogen and oxygen atoms in total. The van der Waals surface area contributed by atoms with Gasteiger partial charge in [-0.2, -0.15) is 0 Å². The van der Waals surface area contributed by atoms with Crippen LogP contribution in [0.3, 0.4) is 0 Å². The zero-order chi connectivity index (χ0) is 11.8. The molecule has 1 aliphatic rings. The van der Waals surface area contributed by atoms with Crippen molar-refractivity contribution in [2.45, 2.75) is 33.3 Å². The maximum absolute atomic E-state index is 12.3. The molecule has 16 heavy (non-hydrogen) atoms. The van der Waals surface area contributed by atoms with Crippen molar-refractivity contribution in [1.82, 2.24) is 0 Å². The van der Waals surface area contributed by atoms with E-state index < -0.39 is 0 Å². The average Bonchev–Trinajstić information content (AvgIpc) is 2.26. The van der Waals surface area contributed by atoms with E-state index in [1.165, 1.54) is 5.56 Å². The molecule has 1 aromatic rings. The fourth-order valence-electron chi connectivity index (χ4n) is 2.00. The summed E-state index contributed by atoms with van der Waals surface area (Å²) in [4.78, 5) is 12.3. The molecule has 0 spiro atoms. The molecule has 0 fully saturated rings. The third kappa shape index (κ3) is 2.03. The smallest absolute Gasteiger partial charge is 0.171 e. The number of benzene rings is 1. The van der Waals surface area contributed by atoms with Gasteiger partial charge in [-0.15, -0.1) is 0 Å². The molecule has 2 heteroatoms. The molecule has 0 aliphatic carbocycles. The van der Waals surface area contributed by atoms with Crippen molar-refractivity contribution in [1.29, 1.82) is 0 Å². The summed E-state index contributed by atoms with van der Waals surface area (Å²) >= 11 is 0. The van der Waals surface area contributed by atoms with Crippen LogP contribution in [0.25, 0.3) is 0 Å². The van der Waals surface area contributed by atoms with Gasteiger partial charge in [-0.1, -0.05) is 45.0 Å². The van der Waals surface area contributed by atoms with Gasteiger partial charge < -0.3 is 4.74 Å². The number of ether oxygens (including phenoxy) is 1. The SMILES string of the molecule is CC(C)(C)C(=O)C1OCCc2ccccc21. The van der Waals surface area contributed by atoms with Gasteiger partial charge >= 0.3 is 0 Å². The van der Waals surface area contributed by atoms with E-state index in [0.29, 0.717) is 6.61 Å². The lowest BCUT2D eigenvalue weighted by Gasteiger charge is -2.29. The summed E-state index contributed by atoms with van der Waals surface area (Å²) in [6.07, 6.45) is 0.536. The lowest BCUT2D eigenvalue weighted by atomic mass is 9.83. The molecular weight excluding hydrogens is 200 g/mol. The van der Waals surface area contributed by atoms with Crippen molar-refractivity contribution < 1.29 is 9.53 Å². The third-order valence-electron chi connectivity index (χ3n) is 2.97. The van der Waals surface area contributed by atoms with Crippen molar-refractivity contribution in [3.8, 4) is 0 Å². The number of carbonyl (C=O) groups excluding carboxylic acids is 1. The standard InChI is InChI=1S/C14H18O2/c1-14(2,3)13(15)12-11-7-5-4-6-10(11)8-9-16-12/h4-7,12H,8-9H2,1-3H3. The first kappa shape index (κ1) is 11.3. The van der Waals surface area contributed by atoms with Gasteiger partial charge in [-0.05, 0) is 17.5 Å². The Morgan fingerprint density at radius 2 is 2.00 bits per heavy atom. The fourth-order valence-corrected chi connectivity index (χ4v) is 2.00. The molecule has 1 atom stereocenters. The number of ketones is 1. The topological polar surface area (TPSA) is 26.3 Å². The minimum atomic E-state index is -0.370. The Morgan fingerprint density at radius 1 is 1.31 bits per heavy atom. The fraction of sp³-hybridized carbons (Fsp3) is 0.500. The lowest BCUT2D eigenvalue weighted by molar-refractivity contribution is -0.139. The van der Waals surface area contributed by atoms with Gasteiger partial charge in [0.15, 0.2) is 5.78 Å². The molecule has 1 aliphatic heterocycles. The normalized spacial score (nSPS) is 20.3. The first-order valence-electron chi connectivity index (χ1n) is 5.74. The Balaban J connectivity index is 2.36. The molecule has 0 radical (unpaired) electrons. The van der Waals surface area contributed by atoms with E-state index in [0.717, 1.165) is 12.0 Å². The van der Waals surface area contributed by atoms with Crippen molar-refractivity contribution >= 4 is 5.78 Å². The van der Waals surface area contributed by atoms with E-state index in [4.69, 9.17) is 4.74 Å². The molecule has 0 saturated carbocycles. The van der Waals surface area contributed by atoms with Gasteiger partial charge in [0, 0.05) is 5.41 Å². The zero-order valence-corrected chi connectivity index (χ0v) is 10.1. The second-order valence-corrected chi connectivity index (χ2v) is 5.31. The molecular formula is C14H18O2. The van der Waals surface area contributed by atoms with Gasteiger partial charge in [-0.25, -0.2) is 0 Å². The van der Waals surface area contributed by atoms with Crippen molar-refractivity contribution in [3.05, 3.63) is 35.4 Å². The van der Waals surface area contributed by atoms with Gasteiger partial charge in [0.1, 0.15) is 6.10 Å². The van der Waals surface area contributed by atoms with E-state index in [-0.39, 0.29) is 17.3 Å². The van der Waals surface area contributed by atoms with Crippen LogP contribution >= 0.6 is 0 Å². The highest BCUT2D eigenvalue weighted by atomic mass is 16.5. The van der Waals surface area contributed by atoms with E-state index in [9.17, 15) is 4.79 Å². The second-order valence-electron chi connectivity index (χ2n) is 5.31. The Hall–Kier alpha value is -1.15. The summed E-state index contributed by atoms with van der Waals surface area (Å²) < 4.78 is 5.64. The molecule has 1 heterocycles. The van der Waals surface area contributed by atoms with Crippen molar-refractivity contribution in [2.24, 2.45) is 5.41 Å². The highest BCUT2D eigenvalue weighted by molar-refractivity contribution is 5.89. The zero-order valence-electron chi connectivity index (χ0n) is 10.1. The van der Waals surface area contributed by atoms with Crippen LogP contribution < -0.4 is 0 Å². The number of Topliss-reactive ketones (excluding diaryl/α,β-unsaturated/α-hetero) is 1. The molecule has 0 aromatic heterocycles. The third-order valence-corrected chi connectivity index (χ3v) is 2.97. The van der Waals surface area contributed by atoms with Crippen LogP contribution in [-0.4, -0.2) is 12.4 Å². The van der Waals surface area contributed by atoms with Crippen LogP contribution in [0.1, 0.15) is 38.0 Å². The minimum Gasteiger partial charge on any atom is -0.365 e. The summed E-state index contributed by atoms with van der Waals surface area (Å²) in [5.74, 6) is 0.166. The molecule has 2 rings (SSSR count). The Morgan fingerprint density at radius 3 is 2.69 bits per heavy atom. The first-order chi connectivity index (χ1) is 7.50. The van der Waals surface area contributed by atoms with Crippen molar-refractivity contribution in [2.75, 3.05) is 6.61 Å². The predicted molar refractivity (Wildman–Crippen MR) is 63.3 cm³/mol. The maximum atomic E-state index is 12.3. The molecule has 0 amide bonds.